The number of benzene rings is 1. The van der Waals surface area contributed by atoms with Crippen LogP contribution < -0.4 is 5.73 Å². The number of aromatic hydroxyl groups is 1. The molecule has 0 amide bonds. The number of rotatable bonds is 2. The molecule has 0 saturated heterocycles. The van der Waals surface area contributed by atoms with Crippen LogP contribution in [0.25, 0.3) is 10.9 Å². The molecule has 3 heteroatoms. The van der Waals surface area contributed by atoms with Gasteiger partial charge in [-0.15, -0.1) is 0 Å². The molecule has 0 aliphatic carbocycles. The summed E-state index contributed by atoms with van der Waals surface area (Å²) in [6.45, 7) is 2.01. The summed E-state index contributed by atoms with van der Waals surface area (Å²) < 4.78 is 0. The molecule has 1 heterocycles. The third-order valence-corrected chi connectivity index (χ3v) is 2.58. The second-order valence-corrected chi connectivity index (χ2v) is 3.46. The molecule has 2 rings (SSSR count). The lowest BCUT2D eigenvalue weighted by Crippen LogP contribution is -2.08. The van der Waals surface area contributed by atoms with Crippen molar-refractivity contribution >= 4 is 10.9 Å². The molecule has 4 N–H and O–H groups in total. The fraction of sp³-hybridized carbons (Fsp3) is 0.273. The summed E-state index contributed by atoms with van der Waals surface area (Å²) in [7, 11) is 0. The van der Waals surface area contributed by atoms with Gasteiger partial charge in [-0.05, 0) is 18.6 Å². The van der Waals surface area contributed by atoms with E-state index in [4.69, 9.17) is 5.73 Å². The average molecular weight is 190 g/mol. The SMILES string of the molecule is CC[C@H](N)c1ccc2[nH]ccc2c1O. The van der Waals surface area contributed by atoms with E-state index in [0.717, 1.165) is 22.9 Å². The Morgan fingerprint density at radius 2 is 2.21 bits per heavy atom. The van der Waals surface area contributed by atoms with Crippen LogP contribution in [0, 0.1) is 0 Å². The third kappa shape index (κ3) is 1.26. The van der Waals surface area contributed by atoms with Gasteiger partial charge in [-0.2, -0.15) is 0 Å². The second-order valence-electron chi connectivity index (χ2n) is 3.46. The molecule has 0 aliphatic heterocycles. The lowest BCUT2D eigenvalue weighted by atomic mass is 10.0. The van der Waals surface area contributed by atoms with Gasteiger partial charge in [0.15, 0.2) is 0 Å². The maximum atomic E-state index is 9.94. The first-order valence-corrected chi connectivity index (χ1v) is 4.78. The van der Waals surface area contributed by atoms with E-state index in [-0.39, 0.29) is 6.04 Å². The van der Waals surface area contributed by atoms with Crippen LogP contribution in [0.5, 0.6) is 5.75 Å². The number of fused-ring (bicyclic) bond motifs is 1. The van der Waals surface area contributed by atoms with Crippen molar-refractivity contribution in [2.75, 3.05) is 0 Å². The zero-order chi connectivity index (χ0) is 10.1. The molecule has 0 fully saturated rings. The number of nitrogens with two attached hydrogens (primary N) is 1. The minimum atomic E-state index is -0.0886. The summed E-state index contributed by atoms with van der Waals surface area (Å²) in [5.41, 5.74) is 7.64. The summed E-state index contributed by atoms with van der Waals surface area (Å²) in [6, 6.07) is 5.59. The van der Waals surface area contributed by atoms with Crippen molar-refractivity contribution < 1.29 is 5.11 Å². The maximum Gasteiger partial charge on any atom is 0.129 e. The lowest BCUT2D eigenvalue weighted by molar-refractivity contribution is 0.466. The fourth-order valence-electron chi connectivity index (χ4n) is 1.65. The molecule has 2 aromatic rings. The van der Waals surface area contributed by atoms with Gasteiger partial charge in [-0.25, -0.2) is 0 Å². The zero-order valence-electron chi connectivity index (χ0n) is 8.12. The van der Waals surface area contributed by atoms with Gasteiger partial charge in [0.05, 0.1) is 0 Å². The molecule has 0 saturated carbocycles. The van der Waals surface area contributed by atoms with Gasteiger partial charge in [0.25, 0.3) is 0 Å². The molecule has 0 aliphatic rings. The molecule has 0 radical (unpaired) electrons. The number of nitrogens with one attached hydrogen (secondary N) is 1. The number of aromatic nitrogens is 1. The highest BCUT2D eigenvalue weighted by Crippen LogP contribution is 2.32. The monoisotopic (exact) mass is 190 g/mol. The molecule has 1 atom stereocenters. The van der Waals surface area contributed by atoms with Crippen LogP contribution in [0.1, 0.15) is 24.9 Å². The first-order chi connectivity index (χ1) is 6.74. The van der Waals surface area contributed by atoms with E-state index in [1.54, 1.807) is 0 Å². The summed E-state index contributed by atoms with van der Waals surface area (Å²) in [6.07, 6.45) is 2.63. The quantitative estimate of drug-likeness (QED) is 0.680. The number of hydrogen-bond acceptors (Lipinski definition) is 2. The van der Waals surface area contributed by atoms with Gasteiger partial charge >= 0.3 is 0 Å². The maximum absolute atomic E-state index is 9.94. The van der Waals surface area contributed by atoms with E-state index in [2.05, 4.69) is 4.98 Å². The first kappa shape index (κ1) is 9.09. The van der Waals surface area contributed by atoms with E-state index in [1.165, 1.54) is 0 Å². The van der Waals surface area contributed by atoms with Crippen LogP contribution in [-0.4, -0.2) is 10.1 Å². The minimum Gasteiger partial charge on any atom is -0.507 e. The van der Waals surface area contributed by atoms with Crippen LogP contribution in [0.2, 0.25) is 0 Å². The molecular weight excluding hydrogens is 176 g/mol. The molecular formula is C11H14N2O. The van der Waals surface area contributed by atoms with Crippen molar-refractivity contribution in [3.63, 3.8) is 0 Å². The molecule has 0 bridgehead atoms. The van der Waals surface area contributed by atoms with Gasteiger partial charge in [0.2, 0.25) is 0 Å². The highest BCUT2D eigenvalue weighted by molar-refractivity contribution is 5.87. The Morgan fingerprint density at radius 3 is 2.93 bits per heavy atom. The normalized spacial score (nSPS) is 13.3. The second kappa shape index (κ2) is 3.35. The minimum absolute atomic E-state index is 0.0886. The summed E-state index contributed by atoms with van der Waals surface area (Å²) in [5.74, 6) is 0.304. The van der Waals surface area contributed by atoms with E-state index in [0.29, 0.717) is 5.75 Å². The summed E-state index contributed by atoms with van der Waals surface area (Å²) in [5, 5.41) is 10.8. The number of H-pyrrole nitrogens is 1. The van der Waals surface area contributed by atoms with Crippen LogP contribution in [0.15, 0.2) is 24.4 Å². The molecule has 14 heavy (non-hydrogen) atoms. The molecule has 74 valence electrons. The first-order valence-electron chi connectivity index (χ1n) is 4.78. The highest BCUT2D eigenvalue weighted by atomic mass is 16.3. The molecule has 0 unspecified atom stereocenters. The Hall–Kier alpha value is -1.48. The van der Waals surface area contributed by atoms with E-state index in [9.17, 15) is 5.11 Å². The van der Waals surface area contributed by atoms with Crippen molar-refractivity contribution in [3.8, 4) is 5.75 Å². The van der Waals surface area contributed by atoms with Crippen LogP contribution in [0.4, 0.5) is 0 Å². The number of phenolic OH excluding ortho intramolecular Hbond substituents is 1. The standard InChI is InChI=1S/C11H14N2O/c1-2-9(12)7-3-4-10-8(11(7)14)5-6-13-10/h3-6,9,13-14H,2,12H2,1H3/t9-/m0/s1. The van der Waals surface area contributed by atoms with Crippen molar-refractivity contribution in [2.24, 2.45) is 5.73 Å². The molecule has 1 aromatic heterocycles. The number of phenols is 1. The Labute approximate surface area is 82.6 Å². The third-order valence-electron chi connectivity index (χ3n) is 2.58. The van der Waals surface area contributed by atoms with E-state index >= 15 is 0 Å². The smallest absolute Gasteiger partial charge is 0.129 e. The molecule has 3 nitrogen and oxygen atoms in total. The van der Waals surface area contributed by atoms with Crippen molar-refractivity contribution in [1.82, 2.24) is 4.98 Å². The van der Waals surface area contributed by atoms with Gasteiger partial charge in [0.1, 0.15) is 5.75 Å². The lowest BCUT2D eigenvalue weighted by Gasteiger charge is -2.11. The van der Waals surface area contributed by atoms with Crippen molar-refractivity contribution in [2.45, 2.75) is 19.4 Å². The Bertz CT molecular complexity index is 447. The fourth-order valence-corrected chi connectivity index (χ4v) is 1.65. The molecule has 1 aromatic carbocycles. The van der Waals surface area contributed by atoms with Gasteiger partial charge in [-0.1, -0.05) is 13.0 Å². The Morgan fingerprint density at radius 1 is 1.43 bits per heavy atom. The van der Waals surface area contributed by atoms with Crippen LogP contribution in [-0.2, 0) is 0 Å². The Balaban J connectivity index is 2.61. The van der Waals surface area contributed by atoms with Crippen LogP contribution >= 0.6 is 0 Å². The van der Waals surface area contributed by atoms with Crippen molar-refractivity contribution in [1.29, 1.82) is 0 Å². The predicted octanol–water partition coefficient (Wildman–Crippen LogP) is 2.28. The highest BCUT2D eigenvalue weighted by Gasteiger charge is 2.11. The largest absolute Gasteiger partial charge is 0.507 e. The van der Waals surface area contributed by atoms with E-state index < -0.39 is 0 Å². The summed E-state index contributed by atoms with van der Waals surface area (Å²) in [4.78, 5) is 3.04. The van der Waals surface area contributed by atoms with Crippen molar-refractivity contribution in [3.05, 3.63) is 30.0 Å². The number of aromatic amines is 1. The number of hydrogen-bond donors (Lipinski definition) is 3. The van der Waals surface area contributed by atoms with Gasteiger partial charge in [-0.3, -0.25) is 0 Å². The van der Waals surface area contributed by atoms with Gasteiger partial charge in [0, 0.05) is 28.7 Å². The average Bonchev–Trinajstić information content (AvgIpc) is 2.66. The summed E-state index contributed by atoms with van der Waals surface area (Å²) >= 11 is 0. The van der Waals surface area contributed by atoms with Gasteiger partial charge < -0.3 is 15.8 Å². The zero-order valence-corrected chi connectivity index (χ0v) is 8.12. The molecule has 0 spiro atoms. The van der Waals surface area contributed by atoms with E-state index in [1.807, 2.05) is 31.3 Å². The Kier molecular flexibility index (Phi) is 2.17. The predicted molar refractivity (Wildman–Crippen MR) is 57.2 cm³/mol. The topological polar surface area (TPSA) is 62.0 Å². The van der Waals surface area contributed by atoms with Crippen LogP contribution in [0.3, 0.4) is 0 Å².